The molecule has 0 spiro atoms. The third-order valence-corrected chi connectivity index (χ3v) is 4.86. The molecule has 1 heterocycles. The van der Waals surface area contributed by atoms with Crippen molar-refractivity contribution in [3.63, 3.8) is 0 Å². The Morgan fingerprint density at radius 2 is 1.58 bits per heavy atom. The molecule has 0 bridgehead atoms. The molecular formula is C21H26FN3O. The summed E-state index contributed by atoms with van der Waals surface area (Å²) in [5, 5.41) is 3.16. The van der Waals surface area contributed by atoms with Crippen molar-refractivity contribution in [1.29, 1.82) is 0 Å². The van der Waals surface area contributed by atoms with E-state index in [0.717, 1.165) is 5.56 Å². The van der Waals surface area contributed by atoms with Crippen LogP contribution in [0.1, 0.15) is 25.5 Å². The molecule has 138 valence electrons. The summed E-state index contributed by atoms with van der Waals surface area (Å²) in [6.45, 7) is 6.64. The maximum atomic E-state index is 13.9. The van der Waals surface area contributed by atoms with Crippen LogP contribution in [0.5, 0.6) is 0 Å². The maximum absolute atomic E-state index is 13.9. The lowest BCUT2D eigenvalue weighted by molar-refractivity contribution is 0.186. The second-order valence-corrected chi connectivity index (χ2v) is 7.01. The van der Waals surface area contributed by atoms with Crippen LogP contribution in [0.4, 0.5) is 14.9 Å². The number of urea groups is 1. The molecule has 4 nitrogen and oxygen atoms in total. The van der Waals surface area contributed by atoms with E-state index in [-0.39, 0.29) is 17.9 Å². The molecule has 1 saturated heterocycles. The van der Waals surface area contributed by atoms with Crippen LogP contribution in [-0.2, 0) is 0 Å². The van der Waals surface area contributed by atoms with Crippen LogP contribution in [0.25, 0.3) is 0 Å². The van der Waals surface area contributed by atoms with Gasteiger partial charge in [-0.25, -0.2) is 9.18 Å². The monoisotopic (exact) mass is 355 g/mol. The summed E-state index contributed by atoms with van der Waals surface area (Å²) >= 11 is 0. The molecule has 1 aliphatic heterocycles. The molecule has 3 rings (SSSR count). The fourth-order valence-electron chi connectivity index (χ4n) is 3.38. The Morgan fingerprint density at radius 1 is 0.962 bits per heavy atom. The van der Waals surface area contributed by atoms with Gasteiger partial charge in [-0.05, 0) is 23.6 Å². The summed E-state index contributed by atoms with van der Waals surface area (Å²) in [6, 6.07) is 16.8. The van der Waals surface area contributed by atoms with Gasteiger partial charge in [0.25, 0.3) is 0 Å². The Kier molecular flexibility index (Phi) is 5.76. The van der Waals surface area contributed by atoms with Crippen molar-refractivity contribution in [2.45, 2.75) is 19.9 Å². The number of carbonyl (C=O) groups excluding carboxylic acids is 1. The number of benzene rings is 2. The van der Waals surface area contributed by atoms with Crippen LogP contribution < -0.4 is 10.2 Å². The molecule has 1 unspecified atom stereocenters. The van der Waals surface area contributed by atoms with Gasteiger partial charge in [-0.2, -0.15) is 0 Å². The molecule has 1 fully saturated rings. The smallest absolute Gasteiger partial charge is 0.318 e. The summed E-state index contributed by atoms with van der Waals surface area (Å²) in [7, 11) is 0. The van der Waals surface area contributed by atoms with Crippen molar-refractivity contribution < 1.29 is 9.18 Å². The standard InChI is InChI=1S/C21H26FN3O/c1-16(2)20(17-8-4-3-5-9-17)23-21(26)25-14-12-24(13-15-25)19-11-7-6-10-18(19)22/h3-11,16,20H,12-15H2,1-2H3,(H,23,26). The number of amides is 2. The third-order valence-electron chi connectivity index (χ3n) is 4.86. The van der Waals surface area contributed by atoms with Gasteiger partial charge in [-0.1, -0.05) is 56.3 Å². The first-order valence-electron chi connectivity index (χ1n) is 9.16. The zero-order valence-electron chi connectivity index (χ0n) is 15.4. The maximum Gasteiger partial charge on any atom is 0.318 e. The number of nitrogens with one attached hydrogen (secondary N) is 1. The van der Waals surface area contributed by atoms with E-state index >= 15 is 0 Å². The number of anilines is 1. The molecule has 2 amide bonds. The average Bonchev–Trinajstić information content (AvgIpc) is 2.67. The third kappa shape index (κ3) is 4.15. The Labute approximate surface area is 154 Å². The van der Waals surface area contributed by atoms with Crippen molar-refractivity contribution in [3.8, 4) is 0 Å². The van der Waals surface area contributed by atoms with Crippen LogP contribution >= 0.6 is 0 Å². The highest BCUT2D eigenvalue weighted by atomic mass is 19.1. The van der Waals surface area contributed by atoms with E-state index in [1.807, 2.05) is 46.2 Å². The van der Waals surface area contributed by atoms with Crippen LogP contribution in [0.15, 0.2) is 54.6 Å². The Bertz CT molecular complexity index is 727. The number of hydrogen-bond acceptors (Lipinski definition) is 2. The molecule has 2 aromatic rings. The van der Waals surface area contributed by atoms with E-state index < -0.39 is 0 Å². The molecule has 0 aliphatic carbocycles. The largest absolute Gasteiger partial charge is 0.366 e. The summed E-state index contributed by atoms with van der Waals surface area (Å²) in [5.41, 5.74) is 1.72. The van der Waals surface area contributed by atoms with Crippen molar-refractivity contribution in [2.24, 2.45) is 5.92 Å². The molecule has 0 saturated carbocycles. The van der Waals surface area contributed by atoms with Crippen molar-refractivity contribution in [3.05, 3.63) is 66.0 Å². The van der Waals surface area contributed by atoms with E-state index in [9.17, 15) is 9.18 Å². The number of carbonyl (C=O) groups is 1. The Balaban J connectivity index is 1.60. The Morgan fingerprint density at radius 3 is 2.19 bits per heavy atom. The number of rotatable bonds is 4. The van der Waals surface area contributed by atoms with Gasteiger partial charge in [0.1, 0.15) is 5.82 Å². The first kappa shape index (κ1) is 18.2. The van der Waals surface area contributed by atoms with Gasteiger partial charge in [0.2, 0.25) is 0 Å². The molecule has 5 heteroatoms. The normalized spacial score (nSPS) is 15.8. The van der Waals surface area contributed by atoms with Crippen LogP contribution in [0.2, 0.25) is 0 Å². The quantitative estimate of drug-likeness (QED) is 0.898. The van der Waals surface area contributed by atoms with Gasteiger partial charge >= 0.3 is 6.03 Å². The first-order chi connectivity index (χ1) is 12.6. The molecule has 1 aliphatic rings. The van der Waals surface area contributed by atoms with E-state index in [0.29, 0.717) is 37.8 Å². The minimum absolute atomic E-state index is 0.0201. The van der Waals surface area contributed by atoms with Crippen LogP contribution in [0.3, 0.4) is 0 Å². The summed E-state index contributed by atoms with van der Waals surface area (Å²) in [4.78, 5) is 16.5. The highest BCUT2D eigenvalue weighted by molar-refractivity contribution is 5.75. The van der Waals surface area contributed by atoms with Gasteiger partial charge < -0.3 is 15.1 Å². The highest BCUT2D eigenvalue weighted by Crippen LogP contribution is 2.23. The van der Waals surface area contributed by atoms with E-state index in [1.165, 1.54) is 6.07 Å². The molecule has 0 radical (unpaired) electrons. The molecule has 26 heavy (non-hydrogen) atoms. The lowest BCUT2D eigenvalue weighted by atomic mass is 9.96. The molecule has 0 aromatic heterocycles. The zero-order chi connectivity index (χ0) is 18.5. The number of hydrogen-bond donors (Lipinski definition) is 1. The second-order valence-electron chi connectivity index (χ2n) is 7.01. The predicted octanol–water partition coefficient (Wildman–Crippen LogP) is 4.05. The Hall–Kier alpha value is -2.56. The van der Waals surface area contributed by atoms with Crippen LogP contribution in [0, 0.1) is 11.7 Å². The lowest BCUT2D eigenvalue weighted by Crippen LogP contribution is -2.52. The fourth-order valence-corrected chi connectivity index (χ4v) is 3.38. The topological polar surface area (TPSA) is 35.6 Å². The SMILES string of the molecule is CC(C)C(NC(=O)N1CCN(c2ccccc2F)CC1)c1ccccc1. The zero-order valence-corrected chi connectivity index (χ0v) is 15.4. The predicted molar refractivity (Wildman–Crippen MR) is 103 cm³/mol. The molecule has 1 N–H and O–H groups in total. The molecule has 2 aromatic carbocycles. The highest BCUT2D eigenvalue weighted by Gasteiger charge is 2.25. The summed E-state index contributed by atoms with van der Waals surface area (Å²) in [6.07, 6.45) is 0. The average molecular weight is 355 g/mol. The van der Waals surface area contributed by atoms with Crippen molar-refractivity contribution in [2.75, 3.05) is 31.1 Å². The number of para-hydroxylation sites is 1. The first-order valence-corrected chi connectivity index (χ1v) is 9.16. The van der Waals surface area contributed by atoms with Crippen molar-refractivity contribution in [1.82, 2.24) is 10.2 Å². The minimum Gasteiger partial charge on any atom is -0.366 e. The van der Waals surface area contributed by atoms with E-state index in [1.54, 1.807) is 12.1 Å². The van der Waals surface area contributed by atoms with Gasteiger partial charge in [0, 0.05) is 26.2 Å². The summed E-state index contributed by atoms with van der Waals surface area (Å²) in [5.74, 6) is 0.0791. The van der Waals surface area contributed by atoms with Gasteiger partial charge in [-0.15, -0.1) is 0 Å². The van der Waals surface area contributed by atoms with E-state index in [4.69, 9.17) is 0 Å². The number of nitrogens with zero attached hydrogens (tertiary/aromatic N) is 2. The van der Waals surface area contributed by atoms with Gasteiger partial charge in [0.05, 0.1) is 11.7 Å². The van der Waals surface area contributed by atoms with Gasteiger partial charge in [0.15, 0.2) is 0 Å². The number of piperazine rings is 1. The van der Waals surface area contributed by atoms with Gasteiger partial charge in [-0.3, -0.25) is 0 Å². The summed E-state index contributed by atoms with van der Waals surface area (Å²) < 4.78 is 13.9. The molecule has 1 atom stereocenters. The second kappa shape index (κ2) is 8.21. The minimum atomic E-state index is -0.214. The number of halogens is 1. The van der Waals surface area contributed by atoms with Crippen molar-refractivity contribution >= 4 is 11.7 Å². The van der Waals surface area contributed by atoms with Crippen LogP contribution in [-0.4, -0.2) is 37.1 Å². The van der Waals surface area contributed by atoms with E-state index in [2.05, 4.69) is 19.2 Å². The fraction of sp³-hybridized carbons (Fsp3) is 0.381. The lowest BCUT2D eigenvalue weighted by Gasteiger charge is -2.37. The molecular weight excluding hydrogens is 329 g/mol.